The van der Waals surface area contributed by atoms with Gasteiger partial charge in [0.05, 0.1) is 38.7 Å². The molecule has 0 spiro atoms. The Hall–Kier alpha value is -2.61. The lowest BCUT2D eigenvalue weighted by atomic mass is 10.0. The van der Waals surface area contributed by atoms with E-state index >= 15 is 0 Å². The number of quaternary nitrogens is 1. The van der Waals surface area contributed by atoms with Crippen LogP contribution >= 0.6 is 0 Å². The van der Waals surface area contributed by atoms with Crippen LogP contribution in [0.25, 0.3) is 0 Å². The summed E-state index contributed by atoms with van der Waals surface area (Å²) in [4.78, 5) is 27.2. The highest BCUT2D eigenvalue weighted by Crippen LogP contribution is 2.38. The van der Waals surface area contributed by atoms with E-state index in [2.05, 4.69) is 5.32 Å². The molecule has 1 aliphatic rings. The van der Waals surface area contributed by atoms with E-state index in [-0.39, 0.29) is 38.1 Å². The van der Waals surface area contributed by atoms with Crippen LogP contribution in [0.3, 0.4) is 0 Å². The number of aryl methyl sites for hydroxylation is 2. The van der Waals surface area contributed by atoms with Gasteiger partial charge in [-0.2, -0.15) is 0 Å². The fourth-order valence-corrected chi connectivity index (χ4v) is 3.74. The molecule has 1 heterocycles. The number of hydrogen-bond acceptors (Lipinski definition) is 4. The van der Waals surface area contributed by atoms with E-state index in [0.29, 0.717) is 16.7 Å². The first kappa shape index (κ1) is 24.7. The second kappa shape index (κ2) is 10.6. The highest BCUT2D eigenvalue weighted by Gasteiger charge is 2.30. The molecule has 0 aliphatic carbocycles. The van der Waals surface area contributed by atoms with Crippen LogP contribution in [0.1, 0.15) is 18.1 Å². The Morgan fingerprint density at radius 2 is 1.77 bits per heavy atom. The van der Waals surface area contributed by atoms with Crippen molar-refractivity contribution in [1.82, 2.24) is 0 Å². The Kier molecular flexibility index (Phi) is 8.44. The van der Waals surface area contributed by atoms with Crippen molar-refractivity contribution in [3.8, 4) is 0 Å². The Balaban J connectivity index is 0.00000341. The summed E-state index contributed by atoms with van der Waals surface area (Å²) in [6.45, 7) is 2.77. The van der Waals surface area contributed by atoms with Crippen LogP contribution in [-0.4, -0.2) is 62.0 Å². The molecule has 2 aromatic rings. The van der Waals surface area contributed by atoms with Gasteiger partial charge in [0.15, 0.2) is 6.54 Å². The molecule has 0 saturated heterocycles. The van der Waals surface area contributed by atoms with Crippen molar-refractivity contribution in [2.75, 3.05) is 50.6 Å². The number of aliphatic hydroxyl groups excluding tert-OH is 1. The van der Waals surface area contributed by atoms with Gasteiger partial charge in [0.25, 0.3) is 5.91 Å². The third-order valence-corrected chi connectivity index (χ3v) is 5.26. The fraction of sp³-hybridized carbons (Fsp3) is 0.391. The minimum absolute atomic E-state index is 0. The molecule has 2 amide bonds. The van der Waals surface area contributed by atoms with E-state index in [0.717, 1.165) is 35.3 Å². The van der Waals surface area contributed by atoms with Gasteiger partial charge in [-0.15, -0.1) is 0 Å². The van der Waals surface area contributed by atoms with Gasteiger partial charge >= 0.3 is 6.09 Å². The molecule has 0 bridgehead atoms. The lowest BCUT2D eigenvalue weighted by Gasteiger charge is -2.32. The van der Waals surface area contributed by atoms with Crippen molar-refractivity contribution >= 4 is 29.1 Å². The number of benzene rings is 2. The fourth-order valence-electron chi connectivity index (χ4n) is 3.74. The minimum Gasteiger partial charge on any atom is -1.00 e. The van der Waals surface area contributed by atoms with Crippen molar-refractivity contribution < 1.29 is 36.3 Å². The lowest BCUT2D eigenvalue weighted by Crippen LogP contribution is -3.00. The number of anilines is 3. The summed E-state index contributed by atoms with van der Waals surface area (Å²) >= 11 is 0. The van der Waals surface area contributed by atoms with Crippen molar-refractivity contribution in [2.24, 2.45) is 0 Å². The number of nitrogens with zero attached hydrogens (tertiary/aromatic N) is 2. The third-order valence-electron chi connectivity index (χ3n) is 5.26. The number of carbonyl (C=O) groups excluding carboxylic acids is 2. The van der Waals surface area contributed by atoms with Gasteiger partial charge in [-0.1, -0.05) is 24.3 Å². The van der Waals surface area contributed by atoms with E-state index in [1.807, 2.05) is 56.6 Å². The molecule has 0 fully saturated rings. The smallest absolute Gasteiger partial charge is 0.411 e. The summed E-state index contributed by atoms with van der Waals surface area (Å²) in [6.07, 6.45) is 1.10. The monoisotopic (exact) mass is 447 g/mol. The first-order chi connectivity index (χ1) is 14.3. The third kappa shape index (κ3) is 5.97. The Morgan fingerprint density at radius 1 is 1.10 bits per heavy atom. The van der Waals surface area contributed by atoms with E-state index in [1.54, 1.807) is 11.8 Å². The van der Waals surface area contributed by atoms with Gasteiger partial charge in [0.1, 0.15) is 6.54 Å². The number of ether oxygens (including phenoxy) is 1. The molecule has 31 heavy (non-hydrogen) atoms. The molecule has 3 rings (SSSR count). The molecule has 2 aromatic carbocycles. The Labute approximate surface area is 189 Å². The highest BCUT2D eigenvalue weighted by molar-refractivity contribution is 6.03. The topological polar surface area (TPSA) is 78.9 Å². The average molecular weight is 448 g/mol. The standard InChI is InChI=1S/C23H29N3O4.ClH/c1-4-30-23(29)24-19-12-11-18-10-9-17-7-5-6-8-20(17)25(21(18)15-19)22(28)16-26(2,3)13-14-27;/h5-8,11-12,15,27H,4,9-10,13-14,16H2,1-3H3;1H. The predicted octanol–water partition coefficient (Wildman–Crippen LogP) is 0.0910. The largest absolute Gasteiger partial charge is 1.00 e. The molecule has 7 nitrogen and oxygen atoms in total. The van der Waals surface area contributed by atoms with Crippen LogP contribution in [0.2, 0.25) is 0 Å². The maximum atomic E-state index is 13.5. The summed E-state index contributed by atoms with van der Waals surface area (Å²) in [5.74, 6) is -0.0580. The normalized spacial score (nSPS) is 12.7. The number of likely N-dealkylation sites (N-methyl/N-ethyl adjacent to an activating group) is 1. The van der Waals surface area contributed by atoms with Gasteiger partial charge in [0, 0.05) is 5.69 Å². The molecule has 0 aromatic heterocycles. The van der Waals surface area contributed by atoms with E-state index in [1.165, 1.54) is 0 Å². The number of nitrogens with one attached hydrogen (secondary N) is 1. The number of rotatable bonds is 6. The summed E-state index contributed by atoms with van der Waals surface area (Å²) in [5, 5.41) is 12.1. The van der Waals surface area contributed by atoms with Gasteiger partial charge in [-0.25, -0.2) is 4.79 Å². The SMILES string of the molecule is CCOC(=O)Nc1ccc2c(c1)N(C(=O)C[N+](C)(C)CCO)c1ccccc1CC2.[Cl-]. The molecule has 168 valence electrons. The van der Waals surface area contributed by atoms with Crippen molar-refractivity contribution in [3.05, 3.63) is 53.6 Å². The molecule has 1 aliphatic heterocycles. The molecule has 0 radical (unpaired) electrons. The minimum atomic E-state index is -0.523. The quantitative estimate of drug-likeness (QED) is 0.615. The van der Waals surface area contributed by atoms with Crippen LogP contribution in [-0.2, 0) is 22.4 Å². The summed E-state index contributed by atoms with van der Waals surface area (Å²) in [6, 6.07) is 13.5. The molecular formula is C23H30ClN3O4. The maximum absolute atomic E-state index is 13.5. The number of amides is 2. The molecule has 0 unspecified atom stereocenters. The highest BCUT2D eigenvalue weighted by atomic mass is 35.5. The van der Waals surface area contributed by atoms with Gasteiger partial charge in [-0.05, 0) is 49.1 Å². The van der Waals surface area contributed by atoms with Gasteiger partial charge < -0.3 is 26.7 Å². The Morgan fingerprint density at radius 3 is 2.45 bits per heavy atom. The lowest BCUT2D eigenvalue weighted by molar-refractivity contribution is -0.882. The maximum Gasteiger partial charge on any atom is 0.411 e. The van der Waals surface area contributed by atoms with Crippen LogP contribution in [0.5, 0.6) is 0 Å². The number of para-hydroxylation sites is 1. The van der Waals surface area contributed by atoms with E-state index < -0.39 is 6.09 Å². The van der Waals surface area contributed by atoms with Crippen molar-refractivity contribution in [3.63, 3.8) is 0 Å². The summed E-state index contributed by atoms with van der Waals surface area (Å²) < 4.78 is 5.36. The molecule has 2 N–H and O–H groups in total. The van der Waals surface area contributed by atoms with Gasteiger partial charge in [0.2, 0.25) is 0 Å². The summed E-state index contributed by atoms with van der Waals surface area (Å²) in [5.41, 5.74) is 4.35. The number of fused-ring (bicyclic) bond motifs is 2. The second-order valence-corrected chi connectivity index (χ2v) is 8.09. The first-order valence-electron chi connectivity index (χ1n) is 10.2. The zero-order valence-corrected chi connectivity index (χ0v) is 19.0. The van der Waals surface area contributed by atoms with E-state index in [4.69, 9.17) is 4.74 Å². The van der Waals surface area contributed by atoms with Crippen molar-refractivity contribution in [2.45, 2.75) is 19.8 Å². The van der Waals surface area contributed by atoms with Crippen LogP contribution in [0.15, 0.2) is 42.5 Å². The van der Waals surface area contributed by atoms with Crippen LogP contribution in [0, 0.1) is 0 Å². The zero-order chi connectivity index (χ0) is 21.7. The average Bonchev–Trinajstić information content (AvgIpc) is 2.84. The molecule has 8 heteroatoms. The second-order valence-electron chi connectivity index (χ2n) is 8.09. The summed E-state index contributed by atoms with van der Waals surface area (Å²) in [7, 11) is 3.86. The number of halogens is 1. The molecule has 0 atom stereocenters. The predicted molar refractivity (Wildman–Crippen MR) is 117 cm³/mol. The van der Waals surface area contributed by atoms with Gasteiger partial charge in [-0.3, -0.25) is 15.0 Å². The number of carbonyl (C=O) groups is 2. The molecular weight excluding hydrogens is 418 g/mol. The van der Waals surface area contributed by atoms with Crippen LogP contribution in [0.4, 0.5) is 21.9 Å². The zero-order valence-electron chi connectivity index (χ0n) is 18.2. The number of hydrogen-bond donors (Lipinski definition) is 2. The van der Waals surface area contributed by atoms with Crippen molar-refractivity contribution in [1.29, 1.82) is 0 Å². The molecule has 0 saturated carbocycles. The van der Waals surface area contributed by atoms with Crippen LogP contribution < -0.4 is 22.6 Å². The first-order valence-corrected chi connectivity index (χ1v) is 10.2. The van der Waals surface area contributed by atoms with E-state index in [9.17, 15) is 14.7 Å². The Bertz CT molecular complexity index is 933. The number of aliphatic hydroxyl groups is 1.